The first-order valence-corrected chi connectivity index (χ1v) is 6.24. The minimum absolute atomic E-state index is 0.0432. The molecule has 1 aliphatic heterocycles. The lowest BCUT2D eigenvalue weighted by Gasteiger charge is -2.31. The maximum absolute atomic E-state index is 9.68. The molecule has 21 heavy (non-hydrogen) atoms. The van der Waals surface area contributed by atoms with Crippen LogP contribution < -0.4 is 11.5 Å². The number of rotatable bonds is 1. The van der Waals surface area contributed by atoms with Gasteiger partial charge in [-0.1, -0.05) is 0 Å². The molecule has 1 fully saturated rings. The number of aromatic nitrogens is 4. The third kappa shape index (κ3) is 2.88. The molecule has 1 aliphatic rings. The second-order valence-corrected chi connectivity index (χ2v) is 4.45. The number of ether oxygens (including phenoxy) is 1. The van der Waals surface area contributed by atoms with Gasteiger partial charge in [-0.15, -0.1) is 0 Å². The highest BCUT2D eigenvalue weighted by Gasteiger charge is 2.30. The van der Waals surface area contributed by atoms with Crippen LogP contribution in [0.3, 0.4) is 0 Å². The first-order chi connectivity index (χ1) is 10.1. The molecule has 0 saturated carbocycles. The van der Waals surface area contributed by atoms with Gasteiger partial charge in [0.15, 0.2) is 11.5 Å². The number of nitrogens with two attached hydrogens (primary N) is 2. The lowest BCUT2D eigenvalue weighted by Crippen LogP contribution is -2.39. The predicted molar refractivity (Wildman–Crippen MR) is 73.9 cm³/mol. The molecule has 3 atom stereocenters. The summed E-state index contributed by atoms with van der Waals surface area (Å²) in [6.07, 6.45) is -0.471. The van der Waals surface area contributed by atoms with Gasteiger partial charge >= 0.3 is 0 Å². The Morgan fingerprint density at radius 2 is 1.95 bits per heavy atom. The normalized spacial score (nSPS) is 25.4. The van der Waals surface area contributed by atoms with E-state index >= 15 is 0 Å². The number of hydrogen-bond acceptors (Lipinski definition) is 9. The highest BCUT2D eigenvalue weighted by atomic mass is 16.5. The predicted octanol–water partition coefficient (Wildman–Crippen LogP) is -1.76. The van der Waals surface area contributed by atoms with E-state index in [0.29, 0.717) is 11.2 Å². The molecule has 1 saturated heterocycles. The summed E-state index contributed by atoms with van der Waals surface area (Å²) >= 11 is 0. The van der Waals surface area contributed by atoms with Crippen LogP contribution in [0.5, 0.6) is 0 Å². The molecule has 3 heterocycles. The van der Waals surface area contributed by atoms with Crippen LogP contribution in [0.25, 0.3) is 11.2 Å². The van der Waals surface area contributed by atoms with E-state index in [9.17, 15) is 10.2 Å². The van der Waals surface area contributed by atoms with E-state index in [2.05, 4.69) is 15.0 Å². The molecule has 0 aliphatic carbocycles. The Morgan fingerprint density at radius 1 is 1.24 bits per heavy atom. The fraction of sp³-hybridized carbons (Fsp3) is 0.545. The lowest BCUT2D eigenvalue weighted by atomic mass is 10.1. The molecule has 0 aromatic carbocycles. The summed E-state index contributed by atoms with van der Waals surface area (Å²) < 4.78 is 7.09. The Hall–Kier alpha value is -2.01. The molecule has 0 amide bonds. The molecule has 0 radical (unpaired) electrons. The van der Waals surface area contributed by atoms with Gasteiger partial charge in [0.1, 0.15) is 17.8 Å². The SMILES string of the molecule is CO.Nc1nc(N)c2ncn(C3CC(O)C(O)CO3)c2n1. The zero-order chi connectivity index (χ0) is 15.6. The van der Waals surface area contributed by atoms with Gasteiger partial charge in [0, 0.05) is 13.5 Å². The van der Waals surface area contributed by atoms with E-state index in [0.717, 1.165) is 7.11 Å². The average Bonchev–Trinajstić information content (AvgIpc) is 2.88. The monoisotopic (exact) mass is 298 g/mol. The van der Waals surface area contributed by atoms with Gasteiger partial charge in [0.2, 0.25) is 5.95 Å². The van der Waals surface area contributed by atoms with Gasteiger partial charge in [-0.3, -0.25) is 4.57 Å². The topological polar surface area (TPSA) is 166 Å². The second kappa shape index (κ2) is 6.18. The van der Waals surface area contributed by atoms with Crippen molar-refractivity contribution < 1.29 is 20.1 Å². The Labute approximate surface area is 120 Å². The third-order valence-corrected chi connectivity index (χ3v) is 3.12. The van der Waals surface area contributed by atoms with Crippen LogP contribution in [0, 0.1) is 0 Å². The summed E-state index contributed by atoms with van der Waals surface area (Å²) in [5, 5.41) is 26.1. The second-order valence-electron chi connectivity index (χ2n) is 4.45. The van der Waals surface area contributed by atoms with Crippen molar-refractivity contribution in [1.82, 2.24) is 19.5 Å². The average molecular weight is 298 g/mol. The molecule has 2 aromatic rings. The number of aliphatic hydroxyl groups is 3. The molecular weight excluding hydrogens is 280 g/mol. The molecule has 2 aromatic heterocycles. The molecule has 7 N–H and O–H groups in total. The van der Waals surface area contributed by atoms with Gasteiger partial charge < -0.3 is 31.5 Å². The largest absolute Gasteiger partial charge is 0.400 e. The number of anilines is 2. The van der Waals surface area contributed by atoms with Crippen molar-refractivity contribution in [1.29, 1.82) is 0 Å². The zero-order valence-electron chi connectivity index (χ0n) is 11.4. The van der Waals surface area contributed by atoms with Crippen molar-refractivity contribution in [3.05, 3.63) is 6.33 Å². The molecule has 10 nitrogen and oxygen atoms in total. The first kappa shape index (κ1) is 15.4. The van der Waals surface area contributed by atoms with Gasteiger partial charge in [-0.05, 0) is 0 Å². The Balaban J connectivity index is 0.000000774. The van der Waals surface area contributed by atoms with E-state index in [1.165, 1.54) is 6.33 Å². The van der Waals surface area contributed by atoms with E-state index < -0.39 is 18.4 Å². The highest BCUT2D eigenvalue weighted by Crippen LogP contribution is 2.27. The number of nitrogen functional groups attached to an aromatic ring is 2. The number of imidazole rings is 1. The van der Waals surface area contributed by atoms with Crippen LogP contribution in [-0.2, 0) is 4.74 Å². The zero-order valence-corrected chi connectivity index (χ0v) is 11.4. The molecule has 3 rings (SSSR count). The summed E-state index contributed by atoms with van der Waals surface area (Å²) in [4.78, 5) is 12.0. The smallest absolute Gasteiger partial charge is 0.224 e. The van der Waals surface area contributed by atoms with Gasteiger partial charge in [-0.2, -0.15) is 9.97 Å². The minimum Gasteiger partial charge on any atom is -0.400 e. The van der Waals surface area contributed by atoms with Gasteiger partial charge in [0.25, 0.3) is 0 Å². The van der Waals surface area contributed by atoms with Gasteiger partial charge in [0.05, 0.1) is 19.0 Å². The minimum atomic E-state index is -0.879. The summed E-state index contributed by atoms with van der Waals surface area (Å²) in [7, 11) is 1.00. The number of hydrogen-bond donors (Lipinski definition) is 5. The first-order valence-electron chi connectivity index (χ1n) is 6.24. The molecule has 3 unspecified atom stereocenters. The van der Waals surface area contributed by atoms with E-state index in [1.54, 1.807) is 4.57 Å². The van der Waals surface area contributed by atoms with Crippen LogP contribution in [0.2, 0.25) is 0 Å². The number of aliphatic hydroxyl groups excluding tert-OH is 3. The van der Waals surface area contributed by atoms with Crippen molar-refractivity contribution in [3.8, 4) is 0 Å². The van der Waals surface area contributed by atoms with Crippen molar-refractivity contribution >= 4 is 22.9 Å². The summed E-state index contributed by atoms with van der Waals surface area (Å²) in [6.45, 7) is 0.0432. The van der Waals surface area contributed by atoms with Crippen LogP contribution in [0.4, 0.5) is 11.8 Å². The Bertz CT molecular complexity index is 618. The standard InChI is InChI=1S/C10H14N6O3.CH4O/c11-8-7-9(15-10(12)14-8)16(3-13-7)6-1-4(17)5(18)2-19-6;1-2/h3-6,17-18H,1-2H2,(H4,11,12,14,15);2H,1H3. The van der Waals surface area contributed by atoms with Crippen LogP contribution >= 0.6 is 0 Å². The van der Waals surface area contributed by atoms with Crippen molar-refractivity contribution in [2.45, 2.75) is 24.9 Å². The molecule has 0 spiro atoms. The van der Waals surface area contributed by atoms with Crippen LogP contribution in [0.15, 0.2) is 6.33 Å². The lowest BCUT2D eigenvalue weighted by molar-refractivity contribution is -0.144. The van der Waals surface area contributed by atoms with Crippen molar-refractivity contribution in [2.24, 2.45) is 0 Å². The molecule has 10 heteroatoms. The number of nitrogens with zero attached hydrogens (tertiary/aromatic N) is 4. The quantitative estimate of drug-likeness (QED) is 0.410. The highest BCUT2D eigenvalue weighted by molar-refractivity contribution is 5.82. The van der Waals surface area contributed by atoms with Crippen molar-refractivity contribution in [3.63, 3.8) is 0 Å². The fourth-order valence-electron chi connectivity index (χ4n) is 2.11. The van der Waals surface area contributed by atoms with E-state index in [1.807, 2.05) is 0 Å². The fourth-order valence-corrected chi connectivity index (χ4v) is 2.11. The molecular formula is C11H18N6O4. The maximum Gasteiger partial charge on any atom is 0.224 e. The third-order valence-electron chi connectivity index (χ3n) is 3.12. The van der Waals surface area contributed by atoms with Crippen molar-refractivity contribution in [2.75, 3.05) is 25.2 Å². The van der Waals surface area contributed by atoms with E-state index in [-0.39, 0.29) is 24.8 Å². The van der Waals surface area contributed by atoms with Gasteiger partial charge in [-0.25, -0.2) is 4.98 Å². The molecule has 116 valence electrons. The number of fused-ring (bicyclic) bond motifs is 1. The molecule has 0 bridgehead atoms. The van der Waals surface area contributed by atoms with Crippen LogP contribution in [-0.4, -0.2) is 60.8 Å². The summed E-state index contributed by atoms with van der Waals surface area (Å²) in [6, 6.07) is 0. The maximum atomic E-state index is 9.68. The summed E-state index contributed by atoms with van der Waals surface area (Å²) in [5.74, 6) is 0.237. The summed E-state index contributed by atoms with van der Waals surface area (Å²) in [5.41, 5.74) is 12.1. The Kier molecular flexibility index (Phi) is 4.53. The van der Waals surface area contributed by atoms with Crippen LogP contribution in [0.1, 0.15) is 12.6 Å². The van der Waals surface area contributed by atoms with E-state index in [4.69, 9.17) is 21.3 Å². The Morgan fingerprint density at radius 3 is 2.62 bits per heavy atom.